The lowest BCUT2D eigenvalue weighted by molar-refractivity contribution is -0.128. The van der Waals surface area contributed by atoms with Gasteiger partial charge in [0.15, 0.2) is 0 Å². The van der Waals surface area contributed by atoms with Crippen LogP contribution < -0.4 is 5.32 Å². The summed E-state index contributed by atoms with van der Waals surface area (Å²) in [5, 5.41) is 2.75. The largest absolute Gasteiger partial charge is 0.353 e. The van der Waals surface area contributed by atoms with Crippen LogP contribution in [0.2, 0.25) is 0 Å². The fourth-order valence-electron chi connectivity index (χ4n) is 1.26. The third-order valence-corrected chi connectivity index (χ3v) is 5.91. The number of hydrogen-bond acceptors (Lipinski definition) is 4. The van der Waals surface area contributed by atoms with Crippen molar-refractivity contribution in [3.8, 4) is 0 Å². The molecule has 1 N–H and O–H groups in total. The monoisotopic (exact) mass is 237 g/mol. The van der Waals surface area contributed by atoms with Crippen molar-refractivity contribution < 1.29 is 13.2 Å². The first-order valence-electron chi connectivity index (χ1n) is 4.43. The second-order valence-corrected chi connectivity index (χ2v) is 8.31. The van der Waals surface area contributed by atoms with Crippen LogP contribution in [0.4, 0.5) is 0 Å². The summed E-state index contributed by atoms with van der Waals surface area (Å²) in [4.78, 5) is 11.7. The van der Waals surface area contributed by atoms with Crippen LogP contribution in [0.1, 0.15) is 20.8 Å². The van der Waals surface area contributed by atoms with Crippen LogP contribution in [0.25, 0.3) is 0 Å². The van der Waals surface area contributed by atoms with E-state index in [4.69, 9.17) is 0 Å². The highest BCUT2D eigenvalue weighted by Crippen LogP contribution is 2.37. The fourth-order valence-corrected chi connectivity index (χ4v) is 5.51. The highest BCUT2D eigenvalue weighted by molar-refractivity contribution is 8.72. The molecule has 1 unspecified atom stereocenters. The van der Waals surface area contributed by atoms with E-state index in [2.05, 4.69) is 5.32 Å². The molecule has 1 atom stereocenters. The van der Waals surface area contributed by atoms with E-state index in [1.807, 2.05) is 13.8 Å². The van der Waals surface area contributed by atoms with Gasteiger partial charge < -0.3 is 5.32 Å². The minimum Gasteiger partial charge on any atom is -0.353 e. The van der Waals surface area contributed by atoms with E-state index in [9.17, 15) is 13.2 Å². The van der Waals surface area contributed by atoms with Crippen molar-refractivity contribution in [2.75, 3.05) is 11.5 Å². The summed E-state index contributed by atoms with van der Waals surface area (Å²) < 4.78 is 22.4. The molecule has 0 aromatic heterocycles. The summed E-state index contributed by atoms with van der Waals surface area (Å²) >= 11 is 0. The molecule has 1 heterocycles. The first kappa shape index (κ1) is 11.8. The first-order chi connectivity index (χ1) is 6.25. The van der Waals surface area contributed by atoms with Crippen LogP contribution in [-0.4, -0.2) is 31.9 Å². The molecular weight excluding hydrogens is 222 g/mol. The summed E-state index contributed by atoms with van der Waals surface area (Å²) in [5.74, 6) is 0.137. The van der Waals surface area contributed by atoms with E-state index < -0.39 is 14.3 Å². The third kappa shape index (κ3) is 2.63. The Hall–Kier alpha value is -0.230. The van der Waals surface area contributed by atoms with E-state index in [0.29, 0.717) is 5.75 Å². The van der Waals surface area contributed by atoms with Crippen molar-refractivity contribution in [3.05, 3.63) is 0 Å². The Bertz CT molecular complexity index is 336. The minimum absolute atomic E-state index is 0.0487. The van der Waals surface area contributed by atoms with Crippen molar-refractivity contribution in [2.24, 2.45) is 5.41 Å². The lowest BCUT2D eigenvalue weighted by Crippen LogP contribution is -2.44. The molecule has 0 aromatic carbocycles. The third-order valence-electron chi connectivity index (χ3n) is 2.02. The number of amides is 1. The molecule has 1 rings (SSSR count). The number of carbonyl (C=O) groups excluding carboxylic acids is 1. The molecule has 0 aromatic rings. The smallest absolute Gasteiger partial charge is 0.228 e. The van der Waals surface area contributed by atoms with Gasteiger partial charge in [-0.2, -0.15) is 0 Å². The zero-order valence-electron chi connectivity index (χ0n) is 8.53. The average Bonchev–Trinajstić information content (AvgIpc) is 2.25. The van der Waals surface area contributed by atoms with Gasteiger partial charge in [0.05, 0.1) is 11.2 Å². The molecule has 0 saturated carbocycles. The molecule has 0 spiro atoms. The van der Waals surface area contributed by atoms with Crippen LogP contribution in [0.5, 0.6) is 0 Å². The molecule has 4 nitrogen and oxygen atoms in total. The second kappa shape index (κ2) is 3.73. The highest BCUT2D eigenvalue weighted by Gasteiger charge is 2.45. The molecule has 0 radical (unpaired) electrons. The first-order valence-corrected chi connectivity index (χ1v) is 7.59. The fraction of sp³-hybridized carbons (Fsp3) is 0.875. The lowest BCUT2D eigenvalue weighted by atomic mass is 9.94. The van der Waals surface area contributed by atoms with E-state index in [1.54, 1.807) is 6.92 Å². The van der Waals surface area contributed by atoms with Crippen LogP contribution in [0.15, 0.2) is 0 Å². The minimum atomic E-state index is -3.08. The van der Waals surface area contributed by atoms with Crippen molar-refractivity contribution in [3.63, 3.8) is 0 Å². The Labute approximate surface area is 88.1 Å². The lowest BCUT2D eigenvalue weighted by Gasteiger charge is -2.21. The molecular formula is C8H15NO3S2. The van der Waals surface area contributed by atoms with E-state index >= 15 is 0 Å². The van der Waals surface area contributed by atoms with Gasteiger partial charge in [-0.15, -0.1) is 0 Å². The molecule has 6 heteroatoms. The van der Waals surface area contributed by atoms with Crippen LogP contribution in [0.3, 0.4) is 0 Å². The quantitative estimate of drug-likeness (QED) is 0.714. The maximum Gasteiger partial charge on any atom is 0.228 e. The normalized spacial score (nSPS) is 30.6. The van der Waals surface area contributed by atoms with Gasteiger partial charge in [0, 0.05) is 11.8 Å². The number of rotatable bonds is 2. The molecule has 1 aliphatic heterocycles. The Morgan fingerprint density at radius 1 is 1.50 bits per heavy atom. The van der Waals surface area contributed by atoms with Gasteiger partial charge in [0.1, 0.15) is 0 Å². The molecule has 0 bridgehead atoms. The van der Waals surface area contributed by atoms with Crippen LogP contribution >= 0.6 is 10.8 Å². The zero-order valence-corrected chi connectivity index (χ0v) is 10.2. The van der Waals surface area contributed by atoms with Crippen molar-refractivity contribution in [1.82, 2.24) is 5.32 Å². The van der Waals surface area contributed by atoms with E-state index in [-0.39, 0.29) is 17.7 Å². The Kier molecular flexibility index (Phi) is 3.16. The summed E-state index contributed by atoms with van der Waals surface area (Å²) in [6.45, 7) is 5.41. The number of carbonyl (C=O) groups is 1. The summed E-state index contributed by atoms with van der Waals surface area (Å²) in [5.41, 5.74) is -0.756. The summed E-state index contributed by atoms with van der Waals surface area (Å²) in [6.07, 6.45) is 0. The van der Waals surface area contributed by atoms with Gasteiger partial charge >= 0.3 is 0 Å². The van der Waals surface area contributed by atoms with Crippen LogP contribution in [0, 0.1) is 5.41 Å². The van der Waals surface area contributed by atoms with Gasteiger partial charge in [-0.1, -0.05) is 0 Å². The molecule has 1 aliphatic rings. The molecule has 1 fully saturated rings. The van der Waals surface area contributed by atoms with Gasteiger partial charge in [0.2, 0.25) is 14.8 Å². The Morgan fingerprint density at radius 3 is 2.43 bits per heavy atom. The number of hydrogen-bond donors (Lipinski definition) is 1. The maximum absolute atomic E-state index is 11.7. The maximum atomic E-state index is 11.7. The number of nitrogens with one attached hydrogen (secondary N) is 1. The van der Waals surface area contributed by atoms with Crippen molar-refractivity contribution >= 4 is 25.6 Å². The molecule has 14 heavy (non-hydrogen) atoms. The summed E-state index contributed by atoms with van der Waals surface area (Å²) in [6, 6.07) is 0.0487. The standard InChI is InChI=1S/C8H15NO3S2/c1-6(2)9-7(10)8(3)4-13-14(11,12)5-8/h6H,4-5H2,1-3H3,(H,9,10). The van der Waals surface area contributed by atoms with Crippen LogP contribution in [-0.2, 0) is 13.7 Å². The Balaban J connectivity index is 2.73. The molecule has 82 valence electrons. The second-order valence-electron chi connectivity index (χ2n) is 4.15. The zero-order chi connectivity index (χ0) is 11.0. The predicted molar refractivity (Wildman–Crippen MR) is 57.6 cm³/mol. The van der Waals surface area contributed by atoms with Crippen molar-refractivity contribution in [2.45, 2.75) is 26.8 Å². The van der Waals surface area contributed by atoms with Gasteiger partial charge in [-0.05, 0) is 31.6 Å². The van der Waals surface area contributed by atoms with E-state index in [1.165, 1.54) is 0 Å². The van der Waals surface area contributed by atoms with E-state index in [0.717, 1.165) is 10.8 Å². The topological polar surface area (TPSA) is 63.2 Å². The van der Waals surface area contributed by atoms with Gasteiger partial charge in [-0.25, -0.2) is 8.42 Å². The van der Waals surface area contributed by atoms with Gasteiger partial charge in [0.25, 0.3) is 0 Å². The predicted octanol–water partition coefficient (Wildman–Crippen LogP) is 0.594. The summed E-state index contributed by atoms with van der Waals surface area (Å²) in [7, 11) is -2.21. The van der Waals surface area contributed by atoms with Crippen molar-refractivity contribution in [1.29, 1.82) is 0 Å². The highest BCUT2D eigenvalue weighted by atomic mass is 33.1. The molecule has 1 amide bonds. The molecule has 1 saturated heterocycles. The van der Waals surface area contributed by atoms with Gasteiger partial charge in [-0.3, -0.25) is 4.79 Å². The molecule has 0 aliphatic carbocycles. The SMILES string of the molecule is CC(C)NC(=O)C1(C)CSS(=O)(=O)C1. The Morgan fingerprint density at radius 2 is 2.07 bits per heavy atom. The average molecular weight is 237 g/mol.